The molecule has 1 aliphatic rings. The normalized spacial score (nSPS) is 15.5. The number of aromatic nitrogens is 4. The molecule has 5 rings (SSSR count). The molecule has 4 aromatic rings. The SMILES string of the molecule is O=S(=O)(c1cccc(Cl)c1)N1CCN(c2ncnc3c2cnn3-c2ccccc2)CC1. The number of hydrogen-bond acceptors (Lipinski definition) is 6. The van der Waals surface area contributed by atoms with Crippen molar-refractivity contribution in [2.75, 3.05) is 31.1 Å². The van der Waals surface area contributed by atoms with Gasteiger partial charge in [0.25, 0.3) is 0 Å². The first-order valence-corrected chi connectivity index (χ1v) is 11.6. The summed E-state index contributed by atoms with van der Waals surface area (Å²) in [5, 5.41) is 5.72. The molecule has 1 fully saturated rings. The first kappa shape index (κ1) is 19.9. The van der Waals surface area contributed by atoms with Crippen molar-refractivity contribution in [1.82, 2.24) is 24.1 Å². The molecule has 158 valence electrons. The van der Waals surface area contributed by atoms with Gasteiger partial charge < -0.3 is 4.90 Å². The molecule has 0 bridgehead atoms. The van der Waals surface area contributed by atoms with Crippen LogP contribution in [0.1, 0.15) is 0 Å². The van der Waals surface area contributed by atoms with Crippen molar-refractivity contribution in [3.63, 3.8) is 0 Å². The highest BCUT2D eigenvalue weighted by Gasteiger charge is 2.30. The summed E-state index contributed by atoms with van der Waals surface area (Å²) in [7, 11) is -3.59. The molecule has 0 radical (unpaired) electrons. The summed E-state index contributed by atoms with van der Waals surface area (Å²) in [5.74, 6) is 0.756. The number of halogens is 1. The molecule has 0 aliphatic carbocycles. The summed E-state index contributed by atoms with van der Waals surface area (Å²) in [5.41, 5.74) is 1.63. The zero-order valence-corrected chi connectivity index (χ0v) is 18.0. The minimum Gasteiger partial charge on any atom is -0.353 e. The third-order valence-corrected chi connectivity index (χ3v) is 7.45. The summed E-state index contributed by atoms with van der Waals surface area (Å²) in [6.07, 6.45) is 3.28. The van der Waals surface area contributed by atoms with Gasteiger partial charge in [0.15, 0.2) is 5.65 Å². The van der Waals surface area contributed by atoms with Gasteiger partial charge in [0.05, 0.1) is 22.2 Å². The summed E-state index contributed by atoms with van der Waals surface area (Å²) in [4.78, 5) is 11.2. The van der Waals surface area contributed by atoms with E-state index in [0.29, 0.717) is 36.8 Å². The molecule has 8 nitrogen and oxygen atoms in total. The molecule has 0 N–H and O–H groups in total. The molecular weight excluding hydrogens is 436 g/mol. The van der Waals surface area contributed by atoms with Crippen molar-refractivity contribution in [3.8, 4) is 5.69 Å². The minimum absolute atomic E-state index is 0.210. The number of piperazine rings is 1. The Morgan fingerprint density at radius 3 is 2.42 bits per heavy atom. The van der Waals surface area contributed by atoms with Gasteiger partial charge in [-0.05, 0) is 30.3 Å². The highest BCUT2D eigenvalue weighted by Crippen LogP contribution is 2.27. The van der Waals surface area contributed by atoms with E-state index >= 15 is 0 Å². The topological polar surface area (TPSA) is 84.2 Å². The van der Waals surface area contributed by atoms with Gasteiger partial charge in [-0.15, -0.1) is 0 Å². The second kappa shape index (κ2) is 7.92. The lowest BCUT2D eigenvalue weighted by molar-refractivity contribution is 0.384. The van der Waals surface area contributed by atoms with Crippen molar-refractivity contribution < 1.29 is 8.42 Å². The second-order valence-electron chi connectivity index (χ2n) is 7.17. The monoisotopic (exact) mass is 454 g/mol. The van der Waals surface area contributed by atoms with Crippen LogP contribution in [0.2, 0.25) is 5.02 Å². The van der Waals surface area contributed by atoms with Crippen LogP contribution in [0.3, 0.4) is 0 Å². The van der Waals surface area contributed by atoms with Gasteiger partial charge in [-0.2, -0.15) is 9.40 Å². The third kappa shape index (κ3) is 3.65. The highest BCUT2D eigenvalue weighted by atomic mass is 35.5. The van der Waals surface area contributed by atoms with Crippen LogP contribution >= 0.6 is 11.6 Å². The number of rotatable bonds is 4. The first-order valence-electron chi connectivity index (χ1n) is 9.79. The molecule has 1 saturated heterocycles. The highest BCUT2D eigenvalue weighted by molar-refractivity contribution is 7.89. The minimum atomic E-state index is -3.59. The average molecular weight is 455 g/mol. The smallest absolute Gasteiger partial charge is 0.243 e. The molecule has 0 amide bonds. The van der Waals surface area contributed by atoms with Crippen molar-refractivity contribution in [3.05, 3.63) is 72.1 Å². The molecule has 1 aliphatic heterocycles. The number of benzene rings is 2. The summed E-state index contributed by atoms with van der Waals surface area (Å²) in [6, 6.07) is 16.1. The summed E-state index contributed by atoms with van der Waals surface area (Å²) < 4.78 is 29.2. The van der Waals surface area contributed by atoms with E-state index in [2.05, 4.69) is 20.0 Å². The number of fused-ring (bicyclic) bond motifs is 1. The van der Waals surface area contributed by atoms with Crippen LogP contribution in [-0.4, -0.2) is 58.7 Å². The molecule has 0 spiro atoms. The van der Waals surface area contributed by atoms with Crippen LogP contribution < -0.4 is 4.90 Å². The first-order chi connectivity index (χ1) is 15.0. The molecule has 3 heterocycles. The van der Waals surface area contributed by atoms with Gasteiger partial charge >= 0.3 is 0 Å². The molecule has 0 atom stereocenters. The zero-order valence-electron chi connectivity index (χ0n) is 16.5. The molecular formula is C21H19ClN6O2S. The predicted molar refractivity (Wildman–Crippen MR) is 119 cm³/mol. The van der Waals surface area contributed by atoms with E-state index in [4.69, 9.17) is 11.6 Å². The fourth-order valence-corrected chi connectivity index (χ4v) is 5.48. The van der Waals surface area contributed by atoms with Crippen LogP contribution in [0.15, 0.2) is 72.0 Å². The zero-order chi connectivity index (χ0) is 21.4. The Morgan fingerprint density at radius 2 is 1.68 bits per heavy atom. The van der Waals surface area contributed by atoms with Crippen LogP contribution in [0, 0.1) is 0 Å². The van der Waals surface area contributed by atoms with E-state index in [1.807, 2.05) is 30.3 Å². The number of para-hydroxylation sites is 1. The molecule has 0 unspecified atom stereocenters. The summed E-state index contributed by atoms with van der Waals surface area (Å²) in [6.45, 7) is 1.74. The maximum absolute atomic E-state index is 13.0. The van der Waals surface area contributed by atoms with Gasteiger partial charge in [-0.3, -0.25) is 0 Å². The number of hydrogen-bond donors (Lipinski definition) is 0. The second-order valence-corrected chi connectivity index (χ2v) is 9.55. The van der Waals surface area contributed by atoms with Crippen LogP contribution in [-0.2, 0) is 10.0 Å². The van der Waals surface area contributed by atoms with E-state index in [1.165, 1.54) is 16.7 Å². The Bertz CT molecular complexity index is 1330. The predicted octanol–water partition coefficient (Wildman–Crippen LogP) is 2.98. The van der Waals surface area contributed by atoms with Crippen molar-refractivity contribution in [2.24, 2.45) is 0 Å². The van der Waals surface area contributed by atoms with Gasteiger partial charge in [-0.25, -0.2) is 23.1 Å². The maximum atomic E-state index is 13.0. The quantitative estimate of drug-likeness (QED) is 0.471. The van der Waals surface area contributed by atoms with Crippen LogP contribution in [0.5, 0.6) is 0 Å². The molecule has 10 heteroatoms. The average Bonchev–Trinajstić information content (AvgIpc) is 3.24. The fourth-order valence-electron chi connectivity index (χ4n) is 3.76. The van der Waals surface area contributed by atoms with Crippen LogP contribution in [0.4, 0.5) is 5.82 Å². The standard InChI is InChI=1S/C21H19ClN6O2S/c22-16-5-4-8-18(13-16)31(29,30)27-11-9-26(10-12-27)20-19-14-25-28(21(19)24-15-23-20)17-6-2-1-3-7-17/h1-8,13-15H,9-12H2. The largest absolute Gasteiger partial charge is 0.353 e. The molecule has 2 aromatic carbocycles. The van der Waals surface area contributed by atoms with Crippen LogP contribution in [0.25, 0.3) is 16.7 Å². The number of anilines is 1. The van der Waals surface area contributed by atoms with E-state index in [9.17, 15) is 8.42 Å². The Kier molecular flexibility index (Phi) is 5.09. The lowest BCUT2D eigenvalue weighted by Crippen LogP contribution is -2.49. The Morgan fingerprint density at radius 1 is 0.903 bits per heavy atom. The third-order valence-electron chi connectivity index (χ3n) is 5.32. The lowest BCUT2D eigenvalue weighted by atomic mass is 10.3. The van der Waals surface area contributed by atoms with Crippen molar-refractivity contribution in [1.29, 1.82) is 0 Å². The lowest BCUT2D eigenvalue weighted by Gasteiger charge is -2.34. The van der Waals surface area contributed by atoms with E-state index < -0.39 is 10.0 Å². The number of sulfonamides is 1. The fraction of sp³-hybridized carbons (Fsp3) is 0.190. The van der Waals surface area contributed by atoms with Gasteiger partial charge in [-0.1, -0.05) is 35.9 Å². The van der Waals surface area contributed by atoms with Gasteiger partial charge in [0, 0.05) is 31.2 Å². The van der Waals surface area contributed by atoms with E-state index in [0.717, 1.165) is 16.9 Å². The van der Waals surface area contributed by atoms with Gasteiger partial charge in [0.1, 0.15) is 12.1 Å². The Hall–Kier alpha value is -3.01. The maximum Gasteiger partial charge on any atom is 0.243 e. The molecule has 0 saturated carbocycles. The summed E-state index contributed by atoms with van der Waals surface area (Å²) >= 11 is 5.98. The molecule has 2 aromatic heterocycles. The van der Waals surface area contributed by atoms with Crippen molar-refractivity contribution in [2.45, 2.75) is 4.90 Å². The van der Waals surface area contributed by atoms with Gasteiger partial charge in [0.2, 0.25) is 10.0 Å². The number of nitrogens with zero attached hydrogens (tertiary/aromatic N) is 6. The van der Waals surface area contributed by atoms with E-state index in [1.54, 1.807) is 29.1 Å². The Labute approximate surface area is 184 Å². The van der Waals surface area contributed by atoms with Crippen molar-refractivity contribution >= 4 is 38.5 Å². The molecule has 31 heavy (non-hydrogen) atoms. The van der Waals surface area contributed by atoms with E-state index in [-0.39, 0.29) is 4.90 Å². The Balaban J connectivity index is 1.39.